The molecule has 6 aliphatic rings. The van der Waals surface area contributed by atoms with Gasteiger partial charge < -0.3 is 9.84 Å². The minimum atomic E-state index is -0.779. The topological polar surface area (TPSA) is 63.6 Å². The van der Waals surface area contributed by atoms with E-state index in [1.807, 2.05) is 0 Å². The van der Waals surface area contributed by atoms with Crippen molar-refractivity contribution in [1.82, 2.24) is 0 Å². The molecule has 0 radical (unpaired) electrons. The van der Waals surface area contributed by atoms with E-state index in [1.54, 1.807) is 0 Å². The van der Waals surface area contributed by atoms with Crippen LogP contribution in [-0.4, -0.2) is 23.1 Å². The Hall–Kier alpha value is -4.18. The highest BCUT2D eigenvalue weighted by atomic mass is 16.5. The van der Waals surface area contributed by atoms with Gasteiger partial charge in [-0.3, -0.25) is 9.59 Å². The Morgan fingerprint density at radius 1 is 0.636 bits per heavy atom. The molecular weight excluding hydrogens is 544 g/mol. The monoisotopic (exact) mass is 584 g/mol. The number of ether oxygens (including phenoxy) is 1. The second-order valence-electron chi connectivity index (χ2n) is 13.7. The number of carbonyl (C=O) groups is 2. The van der Waals surface area contributed by atoms with Crippen LogP contribution in [0.25, 0.3) is 0 Å². The molecule has 2 unspecified atom stereocenters. The zero-order valence-corrected chi connectivity index (χ0v) is 26.1. The Bertz CT molecular complexity index is 1560. The molecule has 0 amide bonds. The maximum Gasteiger partial charge on any atom is 0.303 e. The van der Waals surface area contributed by atoms with E-state index in [1.165, 1.54) is 51.4 Å². The largest absolute Gasteiger partial charge is 0.481 e. The van der Waals surface area contributed by atoms with Gasteiger partial charge in [-0.15, -0.1) is 0 Å². The van der Waals surface area contributed by atoms with Gasteiger partial charge in [-0.2, -0.15) is 0 Å². The van der Waals surface area contributed by atoms with Gasteiger partial charge in [0, 0.05) is 30.6 Å². The molecule has 0 aromatic heterocycles. The van der Waals surface area contributed by atoms with Crippen LogP contribution < -0.4 is 0 Å². The molecule has 0 saturated carbocycles. The Morgan fingerprint density at radius 2 is 1.00 bits per heavy atom. The summed E-state index contributed by atoms with van der Waals surface area (Å²) in [6, 6.07) is 34.9. The van der Waals surface area contributed by atoms with Crippen LogP contribution in [0, 0.1) is 17.8 Å². The van der Waals surface area contributed by atoms with Crippen LogP contribution in [0.5, 0.6) is 0 Å². The summed E-state index contributed by atoms with van der Waals surface area (Å²) in [6.07, 6.45) is -0.404. The molecule has 4 aromatic rings. The van der Waals surface area contributed by atoms with Gasteiger partial charge in [0.25, 0.3) is 0 Å². The van der Waals surface area contributed by atoms with E-state index < -0.39 is 22.9 Å². The van der Waals surface area contributed by atoms with Crippen molar-refractivity contribution in [2.24, 2.45) is 17.8 Å². The van der Waals surface area contributed by atoms with Gasteiger partial charge >= 0.3 is 11.9 Å². The summed E-state index contributed by atoms with van der Waals surface area (Å²) in [5.41, 5.74) is 8.21. The van der Waals surface area contributed by atoms with Crippen molar-refractivity contribution in [3.05, 3.63) is 142 Å². The Kier molecular flexibility index (Phi) is 6.62. The predicted molar refractivity (Wildman–Crippen MR) is 172 cm³/mol. The molecule has 44 heavy (non-hydrogen) atoms. The van der Waals surface area contributed by atoms with Gasteiger partial charge in [-0.05, 0) is 62.3 Å². The number of carboxylic acid groups (broad SMARTS) is 1. The van der Waals surface area contributed by atoms with E-state index in [0.29, 0.717) is 0 Å². The van der Waals surface area contributed by atoms with Crippen molar-refractivity contribution in [2.45, 2.75) is 69.8 Å². The fourth-order valence-electron chi connectivity index (χ4n) is 9.86. The first-order valence-corrected chi connectivity index (χ1v) is 15.9. The van der Waals surface area contributed by atoms with Crippen LogP contribution in [-0.2, 0) is 25.2 Å². The van der Waals surface area contributed by atoms with E-state index in [-0.39, 0.29) is 42.0 Å². The molecule has 10 rings (SSSR count). The highest BCUT2D eigenvalue weighted by molar-refractivity contribution is 5.76. The molecule has 0 fully saturated rings. The zero-order chi connectivity index (χ0) is 31.0. The lowest BCUT2D eigenvalue weighted by atomic mass is 9.38. The van der Waals surface area contributed by atoms with Crippen LogP contribution in [0.4, 0.5) is 0 Å². The van der Waals surface area contributed by atoms with Gasteiger partial charge in [0.05, 0.1) is 5.41 Å². The lowest BCUT2D eigenvalue weighted by Crippen LogP contribution is -2.61. The zero-order valence-electron chi connectivity index (χ0n) is 26.1. The van der Waals surface area contributed by atoms with Crippen molar-refractivity contribution in [3.63, 3.8) is 0 Å². The minimum absolute atomic E-state index is 0.0115. The third-order valence-electron chi connectivity index (χ3n) is 10.9. The van der Waals surface area contributed by atoms with E-state index in [0.717, 1.165) is 0 Å². The van der Waals surface area contributed by atoms with E-state index in [2.05, 4.69) is 125 Å². The summed E-state index contributed by atoms with van der Waals surface area (Å²) in [7, 11) is 0. The van der Waals surface area contributed by atoms with Gasteiger partial charge in [0.1, 0.15) is 6.10 Å². The Labute approximate surface area is 260 Å². The molecule has 1 N–H and O–H groups in total. The molecule has 0 spiro atoms. The molecule has 4 nitrogen and oxygen atoms in total. The van der Waals surface area contributed by atoms with Crippen molar-refractivity contribution in [1.29, 1.82) is 0 Å². The quantitative estimate of drug-likeness (QED) is 0.223. The van der Waals surface area contributed by atoms with Crippen LogP contribution in [0.2, 0.25) is 0 Å². The standard InChI is InChI=1S/C40H40O4/c1-23(2)34(22-35(42)43)39-30-18-10-6-14-26(30)37(27-15-7-11-19-31(27)39)40(38(24(3)4)44-25(5)41)32-20-12-8-16-28(32)36(39)29-17-9-13-21-33(29)40/h6-21,23-24,34,36-38H,22H2,1-5H3,(H,42,43). The number of aliphatic carboxylic acids is 1. The van der Waals surface area contributed by atoms with Gasteiger partial charge in [-0.25, -0.2) is 0 Å². The number of carbonyl (C=O) groups excluding carboxylic acids is 1. The van der Waals surface area contributed by atoms with Gasteiger partial charge in [0.2, 0.25) is 0 Å². The first kappa shape index (κ1) is 28.6. The molecule has 224 valence electrons. The lowest BCUT2D eigenvalue weighted by Gasteiger charge is -2.64. The SMILES string of the molecule is CC(=O)OC(C(C)C)C12c3ccccc3C(c3ccccc31)C1(C(CC(=O)O)C(C)C)c3ccccc3C2c2ccccc21. The number of rotatable bonds is 7. The fraction of sp³-hybridized carbons (Fsp3) is 0.350. The highest BCUT2D eigenvalue weighted by Crippen LogP contribution is 2.72. The second kappa shape index (κ2) is 10.2. The molecule has 0 aliphatic heterocycles. The molecular formula is C40H40O4. The van der Waals surface area contributed by atoms with Crippen LogP contribution >= 0.6 is 0 Å². The summed E-state index contributed by atoms with van der Waals surface area (Å²) in [5, 5.41) is 10.5. The van der Waals surface area contributed by atoms with Gasteiger partial charge in [-0.1, -0.05) is 125 Å². The third kappa shape index (κ3) is 3.57. The smallest absolute Gasteiger partial charge is 0.303 e. The van der Waals surface area contributed by atoms with Crippen molar-refractivity contribution >= 4 is 11.9 Å². The number of hydrogen-bond donors (Lipinski definition) is 1. The Balaban J connectivity index is 1.77. The Morgan fingerprint density at radius 3 is 1.34 bits per heavy atom. The number of esters is 1. The van der Waals surface area contributed by atoms with Crippen LogP contribution in [0.15, 0.2) is 97.1 Å². The van der Waals surface area contributed by atoms with E-state index in [9.17, 15) is 14.7 Å². The van der Waals surface area contributed by atoms with E-state index in [4.69, 9.17) is 4.74 Å². The molecule has 2 atom stereocenters. The van der Waals surface area contributed by atoms with Crippen molar-refractivity contribution in [3.8, 4) is 0 Å². The molecule has 4 bridgehead atoms. The molecule has 4 heteroatoms. The highest BCUT2D eigenvalue weighted by Gasteiger charge is 2.67. The first-order chi connectivity index (χ1) is 21.2. The fourth-order valence-corrected chi connectivity index (χ4v) is 9.86. The molecule has 0 saturated heterocycles. The lowest BCUT2D eigenvalue weighted by molar-refractivity contribution is -0.153. The molecule has 0 heterocycles. The first-order valence-electron chi connectivity index (χ1n) is 15.9. The maximum absolute atomic E-state index is 13.0. The summed E-state index contributed by atoms with van der Waals surface area (Å²) in [6.45, 7) is 10.2. The summed E-state index contributed by atoms with van der Waals surface area (Å²) >= 11 is 0. The number of hydrogen-bond acceptors (Lipinski definition) is 3. The normalized spacial score (nSPS) is 25.2. The summed E-state index contributed by atoms with van der Waals surface area (Å²) in [5.74, 6) is -1.49. The third-order valence-corrected chi connectivity index (χ3v) is 10.9. The van der Waals surface area contributed by atoms with Crippen LogP contribution in [0.3, 0.4) is 0 Å². The second-order valence-corrected chi connectivity index (χ2v) is 13.7. The molecule has 4 aromatic carbocycles. The molecule has 6 aliphatic carbocycles. The summed E-state index contributed by atoms with van der Waals surface area (Å²) < 4.78 is 6.51. The van der Waals surface area contributed by atoms with E-state index >= 15 is 0 Å². The number of carboxylic acids is 1. The van der Waals surface area contributed by atoms with Crippen LogP contribution in [0.1, 0.15) is 97.4 Å². The van der Waals surface area contributed by atoms with Crippen molar-refractivity contribution < 1.29 is 19.4 Å². The average molecular weight is 585 g/mol. The van der Waals surface area contributed by atoms with Crippen molar-refractivity contribution in [2.75, 3.05) is 0 Å². The minimum Gasteiger partial charge on any atom is -0.481 e. The maximum atomic E-state index is 13.0. The number of benzene rings is 4. The predicted octanol–water partition coefficient (Wildman–Crippen LogP) is 8.20. The average Bonchev–Trinajstić information content (AvgIpc) is 2.99. The van der Waals surface area contributed by atoms with Gasteiger partial charge in [0.15, 0.2) is 0 Å². The summed E-state index contributed by atoms with van der Waals surface area (Å²) in [4.78, 5) is 25.8.